The first kappa shape index (κ1) is 21.7. The fraction of sp³-hybridized carbons (Fsp3) is 0.333. The van der Waals surface area contributed by atoms with Crippen molar-refractivity contribution in [1.29, 1.82) is 0 Å². The van der Waals surface area contributed by atoms with Crippen LogP contribution in [0.1, 0.15) is 46.1 Å². The smallest absolute Gasteiger partial charge is 0.123 e. The second kappa shape index (κ2) is 10.6. The third-order valence-electron chi connectivity index (χ3n) is 4.36. The molecule has 0 fully saturated rings. The summed E-state index contributed by atoms with van der Waals surface area (Å²) in [5.41, 5.74) is 1.28. The molecule has 0 aliphatic heterocycles. The molecule has 0 spiro atoms. The minimum atomic E-state index is 0.360. The van der Waals surface area contributed by atoms with E-state index in [1.165, 1.54) is 45.3 Å². The number of aliphatic hydroxyl groups excluding tert-OH is 1. The number of phenolic OH excluding ortho intramolecular Hbond substituents is 1. The lowest BCUT2D eigenvalue weighted by atomic mass is 9.92. The van der Waals surface area contributed by atoms with Crippen molar-refractivity contribution in [3.05, 3.63) is 54.1 Å². The van der Waals surface area contributed by atoms with Gasteiger partial charge in [0.1, 0.15) is 5.75 Å². The van der Waals surface area contributed by atoms with Gasteiger partial charge in [-0.1, -0.05) is 83.0 Å². The summed E-state index contributed by atoms with van der Waals surface area (Å²) in [6.07, 6.45) is 2.64. The summed E-state index contributed by atoms with van der Waals surface area (Å²) in [4.78, 5) is 0. The van der Waals surface area contributed by atoms with E-state index in [2.05, 4.69) is 51.1 Å². The Morgan fingerprint density at radius 1 is 0.654 bits per heavy atom. The van der Waals surface area contributed by atoms with Gasteiger partial charge >= 0.3 is 0 Å². The largest absolute Gasteiger partial charge is 0.507 e. The molecular weight excluding hydrogens is 320 g/mol. The van der Waals surface area contributed by atoms with Crippen LogP contribution in [-0.4, -0.2) is 17.3 Å². The third-order valence-corrected chi connectivity index (χ3v) is 4.36. The van der Waals surface area contributed by atoms with E-state index in [1.54, 1.807) is 6.07 Å². The molecule has 0 radical (unpaired) electrons. The number of unbranched alkanes of at least 4 members (excludes halogenated alkanes) is 1. The Morgan fingerprint density at radius 3 is 1.62 bits per heavy atom. The number of hydrogen-bond acceptors (Lipinski definition) is 2. The van der Waals surface area contributed by atoms with E-state index in [-0.39, 0.29) is 0 Å². The Balaban J connectivity index is 0.000000370. The van der Waals surface area contributed by atoms with Crippen LogP contribution in [0.5, 0.6) is 5.75 Å². The van der Waals surface area contributed by atoms with E-state index in [0.29, 0.717) is 5.75 Å². The van der Waals surface area contributed by atoms with Crippen LogP contribution in [0.4, 0.5) is 0 Å². The second-order valence-electron chi connectivity index (χ2n) is 5.89. The highest BCUT2D eigenvalue weighted by Crippen LogP contribution is 2.38. The molecule has 0 aliphatic carbocycles. The number of benzene rings is 4. The molecule has 4 rings (SSSR count). The minimum Gasteiger partial charge on any atom is -0.507 e. The van der Waals surface area contributed by atoms with Crippen LogP contribution in [-0.2, 0) is 0 Å². The quantitative estimate of drug-likeness (QED) is 0.361. The molecule has 2 heteroatoms. The van der Waals surface area contributed by atoms with Crippen molar-refractivity contribution < 1.29 is 10.2 Å². The highest BCUT2D eigenvalue weighted by Gasteiger charge is 2.10. The minimum absolute atomic E-state index is 0.360. The van der Waals surface area contributed by atoms with Crippen molar-refractivity contribution >= 4 is 32.3 Å². The summed E-state index contributed by atoms with van der Waals surface area (Å²) in [6.45, 7) is 10.5. The van der Waals surface area contributed by atoms with Crippen LogP contribution in [0.2, 0.25) is 0 Å². The molecule has 0 saturated carbocycles. The number of rotatable bonds is 1. The van der Waals surface area contributed by atoms with Crippen molar-refractivity contribution in [3.8, 4) is 5.75 Å². The summed E-state index contributed by atoms with van der Waals surface area (Å²) in [7, 11) is 1.00. The van der Waals surface area contributed by atoms with Gasteiger partial charge in [-0.2, -0.15) is 0 Å². The van der Waals surface area contributed by atoms with Gasteiger partial charge in [0.15, 0.2) is 0 Å². The van der Waals surface area contributed by atoms with Gasteiger partial charge in [0.05, 0.1) is 0 Å². The molecule has 4 aromatic rings. The molecule has 0 bridgehead atoms. The zero-order chi connectivity index (χ0) is 19.7. The number of hydrogen-bond donors (Lipinski definition) is 2. The Hall–Kier alpha value is -2.32. The van der Waals surface area contributed by atoms with Gasteiger partial charge < -0.3 is 10.2 Å². The van der Waals surface area contributed by atoms with E-state index < -0.39 is 0 Å². The molecule has 2 nitrogen and oxygen atoms in total. The molecule has 0 aromatic heterocycles. The first-order valence-corrected chi connectivity index (χ1v) is 9.48. The number of phenols is 1. The molecule has 0 amide bonds. The summed E-state index contributed by atoms with van der Waals surface area (Å²) >= 11 is 0. The van der Waals surface area contributed by atoms with Gasteiger partial charge in [-0.15, -0.1) is 0 Å². The average molecular weight is 353 g/mol. The van der Waals surface area contributed by atoms with Crippen molar-refractivity contribution in [1.82, 2.24) is 0 Å². The lowest BCUT2D eigenvalue weighted by Gasteiger charge is -2.12. The van der Waals surface area contributed by atoms with E-state index in [1.807, 2.05) is 26.0 Å². The maximum atomic E-state index is 10.0. The Morgan fingerprint density at radius 2 is 1.08 bits per heavy atom. The van der Waals surface area contributed by atoms with E-state index in [4.69, 9.17) is 5.11 Å². The van der Waals surface area contributed by atoms with Crippen LogP contribution < -0.4 is 0 Å². The predicted molar refractivity (Wildman–Crippen MR) is 117 cm³/mol. The summed E-state index contributed by atoms with van der Waals surface area (Å²) in [5.74, 6) is 0.360. The molecule has 4 aromatic carbocycles. The van der Waals surface area contributed by atoms with Crippen LogP contribution >= 0.6 is 0 Å². The van der Waals surface area contributed by atoms with Gasteiger partial charge in [-0.25, -0.2) is 0 Å². The van der Waals surface area contributed by atoms with Gasteiger partial charge in [-0.05, 0) is 40.1 Å². The second-order valence-corrected chi connectivity index (χ2v) is 5.89. The van der Waals surface area contributed by atoms with Gasteiger partial charge in [0, 0.05) is 17.9 Å². The normalized spacial score (nSPS) is 9.81. The fourth-order valence-electron chi connectivity index (χ4n) is 2.93. The van der Waals surface area contributed by atoms with Crippen LogP contribution in [0.15, 0.2) is 48.5 Å². The molecule has 26 heavy (non-hydrogen) atoms. The average Bonchev–Trinajstić information content (AvgIpc) is 2.72. The molecule has 0 aliphatic rings. The number of aromatic hydroxyl groups is 1. The zero-order valence-electron chi connectivity index (χ0n) is 16.9. The summed E-state index contributed by atoms with van der Waals surface area (Å²) in [5, 5.41) is 24.1. The molecule has 0 heterocycles. The number of aliphatic hydroxyl groups is 1. The molecular formula is C24H32O2. The van der Waals surface area contributed by atoms with E-state index >= 15 is 0 Å². The number of aryl methyl sites for hydroxylation is 1. The van der Waals surface area contributed by atoms with Gasteiger partial charge in [0.25, 0.3) is 0 Å². The van der Waals surface area contributed by atoms with Crippen molar-refractivity contribution in [3.63, 3.8) is 0 Å². The predicted octanol–water partition coefficient (Wildman–Crippen LogP) is 7.04. The monoisotopic (exact) mass is 352 g/mol. The van der Waals surface area contributed by atoms with E-state index in [9.17, 15) is 5.11 Å². The molecule has 2 N–H and O–H groups in total. The zero-order valence-corrected chi connectivity index (χ0v) is 16.9. The van der Waals surface area contributed by atoms with Crippen molar-refractivity contribution in [2.24, 2.45) is 0 Å². The molecule has 140 valence electrons. The molecule has 0 atom stereocenters. The standard InChI is InChI=1S/C17H12O.C4H10.C2H6.CH4O/c1-10-2-3-11-5-8-14-15(18)9-6-12-4-7-13(10)16(11)17(12)14;1-3-4-2;2*1-2/h2-9,18H,1H3;3-4H2,1-2H3;1-2H3;2H,1H3. The van der Waals surface area contributed by atoms with Crippen LogP contribution in [0.3, 0.4) is 0 Å². The lowest BCUT2D eigenvalue weighted by molar-refractivity contribution is 0.399. The Kier molecular flexibility index (Phi) is 8.87. The third kappa shape index (κ3) is 4.25. The van der Waals surface area contributed by atoms with Gasteiger partial charge in [-0.3, -0.25) is 0 Å². The maximum Gasteiger partial charge on any atom is 0.123 e. The summed E-state index contributed by atoms with van der Waals surface area (Å²) < 4.78 is 0. The fourth-order valence-corrected chi connectivity index (χ4v) is 2.93. The highest BCUT2D eigenvalue weighted by atomic mass is 16.3. The highest BCUT2D eigenvalue weighted by molar-refractivity contribution is 6.24. The molecule has 0 saturated heterocycles. The topological polar surface area (TPSA) is 40.5 Å². The SMILES string of the molecule is CC.CCCC.CO.Cc1ccc2ccc3c(O)ccc4ccc1c2c43. The first-order valence-electron chi connectivity index (χ1n) is 9.48. The van der Waals surface area contributed by atoms with Crippen molar-refractivity contribution in [2.75, 3.05) is 7.11 Å². The Bertz CT molecular complexity index is 848. The Labute approximate surface area is 157 Å². The lowest BCUT2D eigenvalue weighted by Crippen LogP contribution is -1.86. The van der Waals surface area contributed by atoms with Crippen LogP contribution in [0, 0.1) is 6.92 Å². The summed E-state index contributed by atoms with van der Waals surface area (Å²) in [6, 6.07) is 16.5. The van der Waals surface area contributed by atoms with E-state index in [0.717, 1.165) is 12.5 Å². The molecule has 0 unspecified atom stereocenters. The van der Waals surface area contributed by atoms with Gasteiger partial charge in [0.2, 0.25) is 0 Å². The van der Waals surface area contributed by atoms with Crippen molar-refractivity contribution in [2.45, 2.75) is 47.5 Å². The maximum absolute atomic E-state index is 10.0. The first-order chi connectivity index (χ1) is 12.7. The van der Waals surface area contributed by atoms with Crippen LogP contribution in [0.25, 0.3) is 32.3 Å².